The summed E-state index contributed by atoms with van der Waals surface area (Å²) in [4.78, 5) is 0. The average molecular weight is 258 g/mol. The van der Waals surface area contributed by atoms with E-state index in [1.54, 1.807) is 0 Å². The summed E-state index contributed by atoms with van der Waals surface area (Å²) in [7, 11) is -3.15. The molecule has 0 spiro atoms. The summed E-state index contributed by atoms with van der Waals surface area (Å²) in [6.45, 7) is 2.52. The van der Waals surface area contributed by atoms with Gasteiger partial charge >= 0.3 is 0 Å². The Morgan fingerprint density at radius 3 is 2.60 bits per heavy atom. The van der Waals surface area contributed by atoms with Gasteiger partial charge in [0.15, 0.2) is 0 Å². The van der Waals surface area contributed by atoms with E-state index in [-0.39, 0.29) is 18.3 Å². The van der Waals surface area contributed by atoms with E-state index in [1.165, 1.54) is 0 Å². The summed E-state index contributed by atoms with van der Waals surface area (Å²) in [6, 6.07) is 0. The first-order chi connectivity index (χ1) is 7.02. The van der Waals surface area contributed by atoms with Gasteiger partial charge in [-0.15, -0.1) is 11.6 Å². The Kier molecular flexibility index (Phi) is 8.42. The zero-order valence-electron chi connectivity index (χ0n) is 9.08. The highest BCUT2D eigenvalue weighted by atomic mass is 35.5. The third kappa shape index (κ3) is 9.11. The highest BCUT2D eigenvalue weighted by Gasteiger charge is 2.08. The summed E-state index contributed by atoms with van der Waals surface area (Å²) in [5.74, 6) is 0.687. The molecule has 0 aromatic rings. The van der Waals surface area contributed by atoms with E-state index >= 15 is 0 Å². The van der Waals surface area contributed by atoms with Crippen LogP contribution in [0.3, 0.4) is 0 Å². The Morgan fingerprint density at radius 2 is 2.07 bits per heavy atom. The van der Waals surface area contributed by atoms with Crippen LogP contribution in [0.2, 0.25) is 0 Å². The molecule has 0 heterocycles. The molecule has 0 bridgehead atoms. The zero-order chi connectivity index (χ0) is 11.7. The van der Waals surface area contributed by atoms with Crippen molar-refractivity contribution in [2.75, 3.05) is 24.8 Å². The Hall–Kier alpha value is 0.160. The van der Waals surface area contributed by atoms with Crippen molar-refractivity contribution in [2.24, 2.45) is 5.92 Å². The van der Waals surface area contributed by atoms with Gasteiger partial charge in [0, 0.05) is 19.0 Å². The first-order valence-electron chi connectivity index (χ1n) is 5.16. The van der Waals surface area contributed by atoms with E-state index in [0.717, 1.165) is 12.8 Å². The second kappa shape index (κ2) is 8.33. The van der Waals surface area contributed by atoms with Crippen molar-refractivity contribution in [2.45, 2.75) is 26.2 Å². The van der Waals surface area contributed by atoms with E-state index in [2.05, 4.69) is 4.72 Å². The van der Waals surface area contributed by atoms with E-state index in [4.69, 9.17) is 16.7 Å². The maximum Gasteiger partial charge on any atom is 0.211 e. The molecule has 0 saturated carbocycles. The molecule has 92 valence electrons. The molecule has 0 aliphatic rings. The molecule has 0 fully saturated rings. The van der Waals surface area contributed by atoms with Crippen molar-refractivity contribution >= 4 is 21.6 Å². The largest absolute Gasteiger partial charge is 0.396 e. The Bertz CT molecular complexity index is 244. The fraction of sp³-hybridized carbons (Fsp3) is 1.00. The molecule has 1 unspecified atom stereocenters. The molecule has 1 atom stereocenters. The summed E-state index contributed by atoms with van der Waals surface area (Å²) in [5.41, 5.74) is 0. The number of aliphatic hydroxyl groups is 1. The molecule has 0 aromatic heterocycles. The van der Waals surface area contributed by atoms with Crippen LogP contribution in [0.15, 0.2) is 0 Å². The van der Waals surface area contributed by atoms with Crippen molar-refractivity contribution in [3.05, 3.63) is 0 Å². The smallest absolute Gasteiger partial charge is 0.211 e. The van der Waals surface area contributed by atoms with Crippen molar-refractivity contribution < 1.29 is 13.5 Å². The maximum absolute atomic E-state index is 11.3. The molecule has 0 saturated heterocycles. The summed E-state index contributed by atoms with van der Waals surface area (Å²) in [6.07, 6.45) is 2.06. The first kappa shape index (κ1) is 15.2. The van der Waals surface area contributed by atoms with E-state index in [9.17, 15) is 8.42 Å². The van der Waals surface area contributed by atoms with Gasteiger partial charge in [0.1, 0.15) is 0 Å². The predicted octanol–water partition coefficient (Wildman–Crippen LogP) is 0.943. The zero-order valence-corrected chi connectivity index (χ0v) is 10.6. The molecule has 2 N–H and O–H groups in total. The van der Waals surface area contributed by atoms with Crippen molar-refractivity contribution in [3.63, 3.8) is 0 Å². The number of nitrogens with one attached hydrogen (secondary N) is 1. The predicted molar refractivity (Wildman–Crippen MR) is 62.6 cm³/mol. The lowest BCUT2D eigenvalue weighted by molar-refractivity contribution is 0.228. The minimum atomic E-state index is -3.15. The summed E-state index contributed by atoms with van der Waals surface area (Å²) < 4.78 is 25.1. The van der Waals surface area contributed by atoms with Gasteiger partial charge in [0.25, 0.3) is 0 Å². The number of aliphatic hydroxyl groups excluding tert-OH is 1. The maximum atomic E-state index is 11.3. The number of hydrogen-bond acceptors (Lipinski definition) is 3. The van der Waals surface area contributed by atoms with Gasteiger partial charge in [-0.05, 0) is 25.2 Å². The van der Waals surface area contributed by atoms with Crippen LogP contribution in [0.5, 0.6) is 0 Å². The van der Waals surface area contributed by atoms with Crippen LogP contribution >= 0.6 is 11.6 Å². The van der Waals surface area contributed by atoms with Crippen LogP contribution < -0.4 is 4.72 Å². The Morgan fingerprint density at radius 1 is 1.40 bits per heavy atom. The quantitative estimate of drug-likeness (QED) is 0.477. The van der Waals surface area contributed by atoms with Crippen molar-refractivity contribution in [1.29, 1.82) is 0 Å². The Balaban J connectivity index is 3.57. The number of sulfonamides is 1. The highest BCUT2D eigenvalue weighted by molar-refractivity contribution is 7.89. The molecule has 0 aliphatic heterocycles. The van der Waals surface area contributed by atoms with Gasteiger partial charge < -0.3 is 5.11 Å². The number of rotatable bonds is 9. The topological polar surface area (TPSA) is 66.4 Å². The summed E-state index contributed by atoms with van der Waals surface area (Å²) >= 11 is 5.41. The van der Waals surface area contributed by atoms with Crippen LogP contribution in [0.4, 0.5) is 0 Å². The molecule has 0 rings (SSSR count). The lowest BCUT2D eigenvalue weighted by Gasteiger charge is -2.08. The van der Waals surface area contributed by atoms with Crippen molar-refractivity contribution in [1.82, 2.24) is 4.72 Å². The normalized spacial score (nSPS) is 14.1. The van der Waals surface area contributed by atoms with Gasteiger partial charge in [0.05, 0.1) is 5.75 Å². The second-order valence-corrected chi connectivity index (χ2v) is 5.99. The lowest BCUT2D eigenvalue weighted by atomic mass is 10.1. The van der Waals surface area contributed by atoms with Gasteiger partial charge in [-0.3, -0.25) is 0 Å². The van der Waals surface area contributed by atoms with Crippen LogP contribution in [-0.2, 0) is 10.0 Å². The Labute approximate surface area is 97.1 Å². The van der Waals surface area contributed by atoms with E-state index < -0.39 is 10.0 Å². The average Bonchev–Trinajstić information content (AvgIpc) is 2.21. The van der Waals surface area contributed by atoms with Crippen LogP contribution in [0, 0.1) is 5.92 Å². The fourth-order valence-electron chi connectivity index (χ4n) is 1.09. The third-order valence-corrected chi connectivity index (χ3v) is 3.79. The third-order valence-electron chi connectivity index (χ3n) is 2.05. The van der Waals surface area contributed by atoms with Gasteiger partial charge in [0.2, 0.25) is 10.0 Å². The van der Waals surface area contributed by atoms with Gasteiger partial charge in [-0.2, -0.15) is 0 Å². The van der Waals surface area contributed by atoms with Gasteiger partial charge in [-0.1, -0.05) is 6.92 Å². The van der Waals surface area contributed by atoms with Gasteiger partial charge in [-0.25, -0.2) is 13.1 Å². The minimum absolute atomic E-state index is 0.0893. The standard InChI is InChI=1S/C9H20ClNO3S/c1-9(8-12)4-2-6-11-15(13,14)7-3-5-10/h9,11-12H,2-8H2,1H3. The molecule has 0 amide bonds. The molecule has 6 heteroatoms. The van der Waals surface area contributed by atoms with E-state index in [1.807, 2.05) is 6.92 Å². The molecule has 4 nitrogen and oxygen atoms in total. The molecular weight excluding hydrogens is 238 g/mol. The van der Waals surface area contributed by atoms with E-state index in [0.29, 0.717) is 18.8 Å². The molecule has 0 aliphatic carbocycles. The SMILES string of the molecule is CC(CO)CCCNS(=O)(=O)CCCCl. The van der Waals surface area contributed by atoms with Crippen LogP contribution in [0.1, 0.15) is 26.2 Å². The molecule has 0 radical (unpaired) electrons. The number of hydrogen-bond donors (Lipinski definition) is 2. The van der Waals surface area contributed by atoms with Crippen LogP contribution in [-0.4, -0.2) is 38.3 Å². The molecular formula is C9H20ClNO3S. The number of alkyl halides is 1. The monoisotopic (exact) mass is 257 g/mol. The molecule has 0 aromatic carbocycles. The van der Waals surface area contributed by atoms with Crippen molar-refractivity contribution in [3.8, 4) is 0 Å². The number of halogens is 1. The molecule has 15 heavy (non-hydrogen) atoms. The minimum Gasteiger partial charge on any atom is -0.396 e. The highest BCUT2D eigenvalue weighted by Crippen LogP contribution is 2.03. The lowest BCUT2D eigenvalue weighted by Crippen LogP contribution is -2.27. The fourth-order valence-corrected chi connectivity index (χ4v) is 2.50. The van der Waals surface area contributed by atoms with Crippen LogP contribution in [0.25, 0.3) is 0 Å². The summed E-state index contributed by atoms with van der Waals surface area (Å²) in [5, 5.41) is 8.76. The second-order valence-electron chi connectivity index (χ2n) is 3.69. The first-order valence-corrected chi connectivity index (χ1v) is 7.34.